The Labute approximate surface area is 133 Å². The molecule has 6 atom stereocenters. The van der Waals surface area contributed by atoms with Crippen LogP contribution in [0.5, 0.6) is 0 Å². The molecule has 1 fully saturated rings. The zero-order chi connectivity index (χ0) is 14.8. The molecule has 1 aliphatic carbocycles. The van der Waals surface area contributed by atoms with Crippen LogP contribution in [0.4, 0.5) is 0 Å². The second-order valence-electron chi connectivity index (χ2n) is 5.86. The predicted molar refractivity (Wildman–Crippen MR) is 85.0 cm³/mol. The summed E-state index contributed by atoms with van der Waals surface area (Å²) in [6.07, 6.45) is 4.42. The number of hydrogen-bond acceptors (Lipinski definition) is 4. The molecule has 3 aliphatic rings. The van der Waals surface area contributed by atoms with Gasteiger partial charge in [-0.25, -0.2) is 0 Å². The van der Waals surface area contributed by atoms with Gasteiger partial charge in [-0.2, -0.15) is 8.42 Å². The first-order chi connectivity index (χ1) is 9.96. The van der Waals surface area contributed by atoms with Gasteiger partial charge in [0.1, 0.15) is 0 Å². The van der Waals surface area contributed by atoms with Crippen molar-refractivity contribution < 1.29 is 12.6 Å². The SMILES string of the molecule is CS(=O)(=O)O[C@@H]1C=C[C@@H](Cl)[C@H]2[C@@H]1[C@@H]1S[C@H]2c2ccccc21. The molecular formula is C15H15ClO3S2. The van der Waals surface area contributed by atoms with Gasteiger partial charge in [0.25, 0.3) is 10.1 Å². The largest absolute Gasteiger partial charge is 0.264 e. The molecule has 0 amide bonds. The van der Waals surface area contributed by atoms with Crippen LogP contribution in [0.2, 0.25) is 0 Å². The van der Waals surface area contributed by atoms with Crippen LogP contribution in [0.15, 0.2) is 36.4 Å². The minimum Gasteiger partial charge on any atom is -0.262 e. The first-order valence-corrected chi connectivity index (χ1v) is 10.1. The van der Waals surface area contributed by atoms with E-state index in [1.54, 1.807) is 0 Å². The smallest absolute Gasteiger partial charge is 0.262 e. The predicted octanol–water partition coefficient (Wildman–Crippen LogP) is 3.28. The van der Waals surface area contributed by atoms with Crippen molar-refractivity contribution in [1.29, 1.82) is 0 Å². The van der Waals surface area contributed by atoms with Crippen molar-refractivity contribution in [3.8, 4) is 0 Å². The molecule has 21 heavy (non-hydrogen) atoms. The molecule has 2 heterocycles. The Morgan fingerprint density at radius 2 is 1.71 bits per heavy atom. The number of thioether (sulfide) groups is 1. The number of fused-ring (bicyclic) bond motifs is 8. The van der Waals surface area contributed by atoms with Crippen molar-refractivity contribution in [2.75, 3.05) is 6.26 Å². The van der Waals surface area contributed by atoms with Crippen molar-refractivity contribution in [1.82, 2.24) is 0 Å². The lowest BCUT2D eigenvalue weighted by Gasteiger charge is -2.39. The highest BCUT2D eigenvalue weighted by Crippen LogP contribution is 2.69. The Balaban J connectivity index is 1.77. The van der Waals surface area contributed by atoms with Gasteiger partial charge in [0, 0.05) is 22.3 Å². The lowest BCUT2D eigenvalue weighted by Crippen LogP contribution is -2.40. The van der Waals surface area contributed by atoms with E-state index in [-0.39, 0.29) is 22.5 Å². The third-order valence-corrected chi connectivity index (χ3v) is 7.29. The normalized spacial score (nSPS) is 40.1. The number of halogens is 1. The Hall–Kier alpha value is -0.490. The molecule has 1 aromatic rings. The number of benzene rings is 1. The zero-order valence-corrected chi connectivity index (χ0v) is 13.7. The van der Waals surface area contributed by atoms with E-state index in [1.165, 1.54) is 11.1 Å². The molecule has 1 aromatic carbocycles. The van der Waals surface area contributed by atoms with E-state index in [4.69, 9.17) is 15.8 Å². The molecule has 112 valence electrons. The van der Waals surface area contributed by atoms with Crippen molar-refractivity contribution in [3.63, 3.8) is 0 Å². The maximum Gasteiger partial charge on any atom is 0.264 e. The molecular weight excluding hydrogens is 328 g/mol. The number of hydrogen-bond donors (Lipinski definition) is 0. The maximum atomic E-state index is 11.5. The zero-order valence-electron chi connectivity index (χ0n) is 11.3. The van der Waals surface area contributed by atoms with Gasteiger partial charge in [-0.15, -0.1) is 23.4 Å². The number of rotatable bonds is 2. The van der Waals surface area contributed by atoms with Gasteiger partial charge in [-0.1, -0.05) is 36.4 Å². The Morgan fingerprint density at radius 3 is 2.33 bits per heavy atom. The fraction of sp³-hybridized carbons (Fsp3) is 0.467. The van der Waals surface area contributed by atoms with Gasteiger partial charge in [-0.3, -0.25) is 4.18 Å². The van der Waals surface area contributed by atoms with E-state index < -0.39 is 16.2 Å². The van der Waals surface area contributed by atoms with Crippen molar-refractivity contribution >= 4 is 33.5 Å². The molecule has 4 rings (SSSR count). The van der Waals surface area contributed by atoms with E-state index in [0.29, 0.717) is 5.25 Å². The molecule has 1 saturated heterocycles. The Kier molecular flexibility index (Phi) is 3.20. The van der Waals surface area contributed by atoms with Crippen LogP contribution in [0.1, 0.15) is 21.6 Å². The summed E-state index contributed by atoms with van der Waals surface area (Å²) in [6, 6.07) is 8.40. The van der Waals surface area contributed by atoms with E-state index in [9.17, 15) is 8.42 Å². The van der Waals surface area contributed by atoms with Gasteiger partial charge in [0.05, 0.1) is 17.7 Å². The van der Waals surface area contributed by atoms with Crippen molar-refractivity contribution in [2.24, 2.45) is 11.8 Å². The molecule has 2 aliphatic heterocycles. The topological polar surface area (TPSA) is 43.4 Å². The van der Waals surface area contributed by atoms with Gasteiger partial charge < -0.3 is 0 Å². The Morgan fingerprint density at radius 1 is 1.10 bits per heavy atom. The minimum absolute atomic E-state index is 0.0646. The van der Waals surface area contributed by atoms with Crippen LogP contribution in [-0.2, 0) is 14.3 Å². The monoisotopic (exact) mass is 342 g/mol. The second kappa shape index (κ2) is 4.75. The highest BCUT2D eigenvalue weighted by molar-refractivity contribution is 8.00. The summed E-state index contributed by atoms with van der Waals surface area (Å²) in [5.41, 5.74) is 2.67. The van der Waals surface area contributed by atoms with E-state index in [1.807, 2.05) is 30.0 Å². The molecule has 0 unspecified atom stereocenters. The molecule has 3 nitrogen and oxygen atoms in total. The molecule has 6 heteroatoms. The summed E-state index contributed by atoms with van der Waals surface area (Å²) in [5.74, 6) is 0.352. The average Bonchev–Trinajstić information content (AvgIpc) is 2.98. The second-order valence-corrected chi connectivity index (χ2v) is 9.25. The third-order valence-electron chi connectivity index (χ3n) is 4.56. The summed E-state index contributed by atoms with van der Waals surface area (Å²) in [5, 5.41) is 0.550. The van der Waals surface area contributed by atoms with Gasteiger partial charge in [0.15, 0.2) is 0 Å². The number of allylic oxidation sites excluding steroid dienone is 1. The van der Waals surface area contributed by atoms with E-state index in [0.717, 1.165) is 6.26 Å². The first kappa shape index (κ1) is 14.1. The van der Waals surface area contributed by atoms with Crippen LogP contribution in [0.3, 0.4) is 0 Å². The third kappa shape index (κ3) is 2.17. The molecule has 0 radical (unpaired) electrons. The lowest BCUT2D eigenvalue weighted by atomic mass is 9.69. The van der Waals surface area contributed by atoms with Crippen LogP contribution >= 0.6 is 23.4 Å². The summed E-state index contributed by atoms with van der Waals surface area (Å²) in [7, 11) is -3.48. The molecule has 0 saturated carbocycles. The van der Waals surface area contributed by atoms with Gasteiger partial charge in [0.2, 0.25) is 0 Å². The molecule has 0 N–H and O–H groups in total. The van der Waals surface area contributed by atoms with Crippen molar-refractivity contribution in [3.05, 3.63) is 47.5 Å². The number of alkyl halides is 1. The summed E-state index contributed by atoms with van der Waals surface area (Å²) >= 11 is 8.41. The fourth-order valence-corrected chi connectivity index (χ4v) is 7.04. The Bertz CT molecular complexity index is 715. The lowest BCUT2D eigenvalue weighted by molar-refractivity contribution is 0.131. The molecule has 0 aromatic heterocycles. The van der Waals surface area contributed by atoms with Crippen LogP contribution in [0.25, 0.3) is 0 Å². The van der Waals surface area contributed by atoms with Crippen LogP contribution < -0.4 is 0 Å². The van der Waals surface area contributed by atoms with Gasteiger partial charge in [-0.05, 0) is 11.1 Å². The van der Waals surface area contributed by atoms with Crippen LogP contribution in [-0.4, -0.2) is 26.2 Å². The molecule has 0 spiro atoms. The van der Waals surface area contributed by atoms with E-state index in [2.05, 4.69) is 18.2 Å². The van der Waals surface area contributed by atoms with Crippen LogP contribution in [0, 0.1) is 11.8 Å². The van der Waals surface area contributed by atoms with Gasteiger partial charge >= 0.3 is 0 Å². The van der Waals surface area contributed by atoms with Crippen molar-refractivity contribution in [2.45, 2.75) is 22.0 Å². The average molecular weight is 343 g/mol. The highest BCUT2D eigenvalue weighted by atomic mass is 35.5. The quantitative estimate of drug-likeness (QED) is 0.470. The first-order valence-electron chi connectivity index (χ1n) is 6.90. The summed E-state index contributed by atoms with van der Waals surface area (Å²) < 4.78 is 28.4. The van der Waals surface area contributed by atoms with E-state index >= 15 is 0 Å². The maximum absolute atomic E-state index is 11.5. The molecule has 2 bridgehead atoms. The highest BCUT2D eigenvalue weighted by Gasteiger charge is 2.57. The summed E-state index contributed by atoms with van der Waals surface area (Å²) in [6.45, 7) is 0. The standard InChI is InChI=1S/C15H15ClO3S2/c1-21(17,18)19-11-7-6-10(16)12-13(11)15-9-5-3-2-4-8(9)14(12)20-15/h2-7,10-15H,1H3/t10-,11-,12+,13-,14+,15-/m1/s1. The fourth-order valence-electron chi connectivity index (χ4n) is 3.87. The summed E-state index contributed by atoms with van der Waals surface area (Å²) in [4.78, 5) is 0. The minimum atomic E-state index is -3.48.